The number of piperidine rings is 1. The Bertz CT molecular complexity index is 814. The zero-order chi connectivity index (χ0) is 21.7. The summed E-state index contributed by atoms with van der Waals surface area (Å²) in [6, 6.07) is 4.39. The monoisotopic (exact) mass is 418 g/mol. The molecule has 7 heteroatoms. The largest absolute Gasteiger partial charge is 0.487 e. The van der Waals surface area contributed by atoms with Crippen molar-refractivity contribution in [3.63, 3.8) is 0 Å². The van der Waals surface area contributed by atoms with Gasteiger partial charge >= 0.3 is 6.09 Å². The number of hydrogen-bond donors (Lipinski definition) is 1. The summed E-state index contributed by atoms with van der Waals surface area (Å²) in [6.45, 7) is 13.5. The first-order valence-electron chi connectivity index (χ1n) is 10.9. The predicted molar refractivity (Wildman–Crippen MR) is 115 cm³/mol. The van der Waals surface area contributed by atoms with Crippen molar-refractivity contribution < 1.29 is 24.6 Å². The molecule has 3 aliphatic rings. The smallest absolute Gasteiger partial charge is 0.410 e. The molecule has 0 radical (unpaired) electrons. The quantitative estimate of drug-likeness (QED) is 0.604. The van der Waals surface area contributed by atoms with Crippen LogP contribution in [0.2, 0.25) is 0 Å². The molecular formula is C23H36N3O4+. The second-order valence-corrected chi connectivity index (χ2v) is 10.7. The average Bonchev–Trinajstić information content (AvgIpc) is 2.91. The van der Waals surface area contributed by atoms with Crippen LogP contribution in [-0.4, -0.2) is 55.5 Å². The van der Waals surface area contributed by atoms with Crippen molar-refractivity contribution in [2.24, 2.45) is 5.41 Å². The maximum absolute atomic E-state index is 12.3. The predicted octanol–water partition coefficient (Wildman–Crippen LogP) is 2.99. The molecule has 0 aliphatic carbocycles. The van der Waals surface area contributed by atoms with Crippen LogP contribution in [0.25, 0.3) is 0 Å². The minimum Gasteiger partial charge on any atom is -0.487 e. The van der Waals surface area contributed by atoms with E-state index in [4.69, 9.17) is 14.3 Å². The molecule has 1 aromatic rings. The fraction of sp³-hybridized carbons (Fsp3) is 0.696. The highest BCUT2D eigenvalue weighted by atomic mass is 16.6. The van der Waals surface area contributed by atoms with Crippen molar-refractivity contribution in [3.8, 4) is 5.75 Å². The van der Waals surface area contributed by atoms with E-state index in [9.17, 15) is 4.79 Å². The van der Waals surface area contributed by atoms with E-state index in [1.165, 1.54) is 11.3 Å². The van der Waals surface area contributed by atoms with Crippen molar-refractivity contribution in [3.05, 3.63) is 17.7 Å². The van der Waals surface area contributed by atoms with E-state index < -0.39 is 5.60 Å². The molecule has 2 N–H and O–H groups in total. The van der Waals surface area contributed by atoms with Crippen LogP contribution in [0.4, 0.5) is 16.2 Å². The number of anilines is 1. The van der Waals surface area contributed by atoms with E-state index in [2.05, 4.69) is 30.9 Å². The van der Waals surface area contributed by atoms with Gasteiger partial charge in [0.05, 0.1) is 7.11 Å². The normalized spacial score (nSPS) is 21.8. The Morgan fingerprint density at radius 1 is 1.17 bits per heavy atom. The first kappa shape index (κ1) is 21.2. The van der Waals surface area contributed by atoms with Gasteiger partial charge in [-0.25, -0.2) is 9.63 Å². The van der Waals surface area contributed by atoms with Gasteiger partial charge < -0.3 is 19.3 Å². The summed E-state index contributed by atoms with van der Waals surface area (Å²) in [6.07, 6.45) is 2.87. The van der Waals surface area contributed by atoms with Gasteiger partial charge in [-0.3, -0.25) is 0 Å². The van der Waals surface area contributed by atoms with E-state index >= 15 is 0 Å². The molecule has 3 aliphatic heterocycles. The van der Waals surface area contributed by atoms with Gasteiger partial charge in [0.25, 0.3) is 0 Å². The third-order valence-corrected chi connectivity index (χ3v) is 6.33. The topological polar surface area (TPSA) is 67.9 Å². The third kappa shape index (κ3) is 4.23. The van der Waals surface area contributed by atoms with Crippen LogP contribution in [0.15, 0.2) is 12.1 Å². The first-order valence-corrected chi connectivity index (χ1v) is 10.9. The van der Waals surface area contributed by atoms with Crippen molar-refractivity contribution in [1.29, 1.82) is 0 Å². The van der Waals surface area contributed by atoms with E-state index in [1.807, 2.05) is 31.2 Å². The summed E-state index contributed by atoms with van der Waals surface area (Å²) >= 11 is 0. The van der Waals surface area contributed by atoms with Gasteiger partial charge in [0.2, 0.25) is 0 Å². The molecule has 30 heavy (non-hydrogen) atoms. The van der Waals surface area contributed by atoms with Gasteiger partial charge in [0, 0.05) is 55.7 Å². The van der Waals surface area contributed by atoms with Crippen LogP contribution in [0.3, 0.4) is 0 Å². The lowest BCUT2D eigenvalue weighted by molar-refractivity contribution is -0.829. The lowest BCUT2D eigenvalue weighted by Gasteiger charge is -2.53. The number of carbonyl (C=O) groups is 1. The Balaban J connectivity index is 1.41. The molecule has 166 valence electrons. The number of benzene rings is 1. The standard InChI is InChI=1S/C23H35N3O4/c1-21(2,3)30-20(27)26-14-23(15-26)7-9-25(10-8-23)18-12-19-16(11-17(18)24-28-6)13-22(4,5)29-19/h11-12,24H,7-10,13-15H2,1-6H3/p+1. The number of ether oxygens (including phenoxy) is 2. The second kappa shape index (κ2) is 7.31. The van der Waals surface area contributed by atoms with Gasteiger partial charge in [0.1, 0.15) is 22.6 Å². The van der Waals surface area contributed by atoms with E-state index in [0.717, 1.165) is 56.9 Å². The van der Waals surface area contributed by atoms with Crippen molar-refractivity contribution in [2.75, 3.05) is 38.2 Å². The Morgan fingerprint density at radius 2 is 1.83 bits per heavy atom. The number of quaternary nitrogens is 1. The molecule has 1 amide bonds. The highest BCUT2D eigenvalue weighted by molar-refractivity contribution is 5.70. The number of nitrogens with zero attached hydrogens (tertiary/aromatic N) is 2. The zero-order valence-electron chi connectivity index (χ0n) is 19.2. The van der Waals surface area contributed by atoms with Gasteiger partial charge in [-0.05, 0) is 47.5 Å². The van der Waals surface area contributed by atoms with E-state index in [0.29, 0.717) is 0 Å². The van der Waals surface area contributed by atoms with Crippen LogP contribution >= 0.6 is 0 Å². The molecule has 2 fully saturated rings. The van der Waals surface area contributed by atoms with Gasteiger partial charge in [0.15, 0.2) is 5.69 Å². The molecule has 3 heterocycles. The molecular weight excluding hydrogens is 382 g/mol. The highest BCUT2D eigenvalue weighted by Gasteiger charge is 2.48. The highest BCUT2D eigenvalue weighted by Crippen LogP contribution is 2.45. The summed E-state index contributed by atoms with van der Waals surface area (Å²) in [7, 11) is 1.70. The molecule has 1 aromatic carbocycles. The Hall–Kier alpha value is -1.99. The summed E-state index contributed by atoms with van der Waals surface area (Å²) in [5.41, 5.74) is 4.99. The number of carbonyl (C=O) groups excluding carboxylic acids is 1. The lowest BCUT2D eigenvalue weighted by Crippen LogP contribution is -2.76. The summed E-state index contributed by atoms with van der Waals surface area (Å²) in [5.74, 6) is 0.989. The maximum atomic E-state index is 12.3. The molecule has 7 nitrogen and oxygen atoms in total. The van der Waals surface area contributed by atoms with E-state index in [-0.39, 0.29) is 17.1 Å². The number of amides is 1. The summed E-state index contributed by atoms with van der Waals surface area (Å²) < 4.78 is 11.7. The number of hydrogen-bond acceptors (Lipinski definition) is 5. The Kier molecular flexibility index (Phi) is 5.18. The summed E-state index contributed by atoms with van der Waals surface area (Å²) in [5, 5.41) is 0. The third-order valence-electron chi connectivity index (χ3n) is 6.33. The molecule has 0 bridgehead atoms. The van der Waals surface area contributed by atoms with Crippen molar-refractivity contribution in [1.82, 2.24) is 4.90 Å². The average molecular weight is 419 g/mol. The maximum Gasteiger partial charge on any atom is 0.410 e. The SMILES string of the molecule is CO[NH2+]c1cc2c(cc1N1CCC3(CC1)CN(C(=O)OC(C)(C)C)C3)OC(C)(C)C2. The molecule has 2 saturated heterocycles. The Labute approximate surface area is 179 Å². The van der Waals surface area contributed by atoms with Gasteiger partial charge in [-0.15, -0.1) is 0 Å². The molecule has 4 rings (SSSR count). The summed E-state index contributed by atoms with van der Waals surface area (Å²) in [4.78, 5) is 21.9. The molecule has 1 spiro atoms. The molecule has 0 atom stereocenters. The van der Waals surface area contributed by atoms with Crippen LogP contribution in [0.5, 0.6) is 5.75 Å². The Morgan fingerprint density at radius 3 is 2.43 bits per heavy atom. The first-order chi connectivity index (χ1) is 14.0. The van der Waals surface area contributed by atoms with Crippen LogP contribution < -0.4 is 15.1 Å². The second-order valence-electron chi connectivity index (χ2n) is 10.7. The van der Waals surface area contributed by atoms with Crippen molar-refractivity contribution >= 4 is 17.5 Å². The minimum atomic E-state index is -0.443. The fourth-order valence-corrected chi connectivity index (χ4v) is 4.91. The molecule has 0 aromatic heterocycles. The van der Waals surface area contributed by atoms with E-state index in [1.54, 1.807) is 7.11 Å². The number of fused-ring (bicyclic) bond motifs is 1. The van der Waals surface area contributed by atoms with Crippen molar-refractivity contribution in [2.45, 2.75) is 65.1 Å². The van der Waals surface area contributed by atoms with Crippen LogP contribution in [-0.2, 0) is 16.0 Å². The number of nitrogens with two attached hydrogens (primary N) is 1. The lowest BCUT2D eigenvalue weighted by atomic mass is 9.72. The van der Waals surface area contributed by atoms with Crippen LogP contribution in [0, 0.1) is 5.41 Å². The minimum absolute atomic E-state index is 0.158. The number of likely N-dealkylation sites (tertiary alicyclic amines) is 1. The molecule has 0 unspecified atom stereocenters. The van der Waals surface area contributed by atoms with Gasteiger partial charge in [-0.2, -0.15) is 5.48 Å². The fourth-order valence-electron chi connectivity index (χ4n) is 4.91. The zero-order valence-corrected chi connectivity index (χ0v) is 19.2. The molecule has 0 saturated carbocycles. The number of rotatable bonds is 3. The van der Waals surface area contributed by atoms with Crippen LogP contribution in [0.1, 0.15) is 53.0 Å². The van der Waals surface area contributed by atoms with Gasteiger partial charge in [-0.1, -0.05) is 0 Å².